The molecule has 134 valence electrons. The summed E-state index contributed by atoms with van der Waals surface area (Å²) in [5.74, 6) is 0.571. The predicted molar refractivity (Wildman–Crippen MR) is 93.2 cm³/mol. The number of rotatable bonds is 4. The van der Waals surface area contributed by atoms with E-state index in [1.807, 2.05) is 22.9 Å². The fourth-order valence-corrected chi connectivity index (χ4v) is 3.15. The minimum Gasteiger partial charge on any atom is -0.469 e. The number of aryl methyl sites for hydroxylation is 1. The zero-order chi connectivity index (χ0) is 17.9. The molecule has 7 nitrogen and oxygen atoms in total. The number of pyridine rings is 1. The monoisotopic (exact) mass is 352 g/mol. The van der Waals surface area contributed by atoms with Gasteiger partial charge in [0.2, 0.25) is 0 Å². The fraction of sp³-hybridized carbons (Fsp3) is 0.316. The van der Waals surface area contributed by atoms with E-state index in [1.54, 1.807) is 42.7 Å². The predicted octanol–water partition coefficient (Wildman–Crippen LogP) is 2.42. The van der Waals surface area contributed by atoms with Crippen molar-refractivity contribution < 1.29 is 13.9 Å². The third-order valence-electron chi connectivity index (χ3n) is 4.54. The minimum atomic E-state index is -0.160. The van der Waals surface area contributed by atoms with E-state index in [0.717, 1.165) is 11.3 Å². The van der Waals surface area contributed by atoms with Crippen molar-refractivity contribution >= 4 is 5.91 Å². The van der Waals surface area contributed by atoms with Crippen molar-refractivity contribution in [2.75, 3.05) is 6.54 Å². The average molecular weight is 352 g/mol. The van der Waals surface area contributed by atoms with Gasteiger partial charge in [0.05, 0.1) is 43.3 Å². The smallest absolute Gasteiger partial charge is 0.257 e. The molecule has 0 N–H and O–H groups in total. The van der Waals surface area contributed by atoms with Crippen LogP contribution in [0.5, 0.6) is 0 Å². The molecule has 0 fully saturated rings. The summed E-state index contributed by atoms with van der Waals surface area (Å²) in [7, 11) is 0. The number of hydrogen-bond acceptors (Lipinski definition) is 5. The maximum absolute atomic E-state index is 13.0. The van der Waals surface area contributed by atoms with Gasteiger partial charge in [0.15, 0.2) is 0 Å². The maximum Gasteiger partial charge on any atom is 0.257 e. The molecule has 3 aromatic heterocycles. The van der Waals surface area contributed by atoms with Gasteiger partial charge in [0, 0.05) is 25.1 Å². The fourth-order valence-electron chi connectivity index (χ4n) is 3.15. The molecule has 1 unspecified atom stereocenters. The number of carbonyl (C=O) groups excluding carboxylic acids is 1. The number of fused-ring (bicyclic) bond motifs is 1. The third-order valence-corrected chi connectivity index (χ3v) is 4.54. The summed E-state index contributed by atoms with van der Waals surface area (Å²) in [6.45, 7) is 3.84. The van der Waals surface area contributed by atoms with Gasteiger partial charge in [-0.1, -0.05) is 6.07 Å². The Morgan fingerprint density at radius 3 is 3.00 bits per heavy atom. The largest absolute Gasteiger partial charge is 0.469 e. The summed E-state index contributed by atoms with van der Waals surface area (Å²) in [6, 6.07) is 7.51. The van der Waals surface area contributed by atoms with E-state index in [1.165, 1.54) is 0 Å². The normalized spacial score (nSPS) is 17.0. The molecule has 0 spiro atoms. The quantitative estimate of drug-likeness (QED) is 0.721. The molecule has 0 radical (unpaired) electrons. The Morgan fingerprint density at radius 2 is 2.23 bits per heavy atom. The average Bonchev–Trinajstić information content (AvgIpc) is 3.24. The lowest BCUT2D eigenvalue weighted by molar-refractivity contribution is 0.00901. The second-order valence-electron chi connectivity index (χ2n) is 6.38. The number of furan rings is 1. The Kier molecular flexibility index (Phi) is 4.53. The number of ether oxygens (including phenoxy) is 1. The molecule has 1 aliphatic heterocycles. The van der Waals surface area contributed by atoms with Crippen LogP contribution in [0.4, 0.5) is 0 Å². The van der Waals surface area contributed by atoms with Gasteiger partial charge < -0.3 is 14.1 Å². The lowest BCUT2D eigenvalue weighted by Gasteiger charge is -2.24. The summed E-state index contributed by atoms with van der Waals surface area (Å²) in [6.07, 6.45) is 6.66. The van der Waals surface area contributed by atoms with E-state index in [9.17, 15) is 4.79 Å². The molecular weight excluding hydrogens is 332 g/mol. The number of hydrogen-bond donors (Lipinski definition) is 0. The van der Waals surface area contributed by atoms with Crippen molar-refractivity contribution in [3.8, 4) is 0 Å². The van der Waals surface area contributed by atoms with Gasteiger partial charge in [-0.3, -0.25) is 14.5 Å². The van der Waals surface area contributed by atoms with Crippen molar-refractivity contribution in [3.05, 3.63) is 71.7 Å². The molecule has 4 rings (SSSR count). The topological polar surface area (TPSA) is 73.4 Å². The summed E-state index contributed by atoms with van der Waals surface area (Å²) in [5.41, 5.74) is 2.58. The van der Waals surface area contributed by atoms with Crippen LogP contribution in [-0.4, -0.2) is 38.2 Å². The molecule has 1 atom stereocenters. The Hall–Kier alpha value is -2.93. The SMILES string of the molecule is Cc1occc1C(=O)N1Cc2ccnn2CC(OCc2cccnc2)C1. The van der Waals surface area contributed by atoms with Gasteiger partial charge in [0.1, 0.15) is 5.76 Å². The summed E-state index contributed by atoms with van der Waals surface area (Å²) in [5, 5.41) is 4.36. The Morgan fingerprint density at radius 1 is 1.31 bits per heavy atom. The van der Waals surface area contributed by atoms with E-state index in [2.05, 4.69) is 10.1 Å². The van der Waals surface area contributed by atoms with Crippen molar-refractivity contribution in [1.82, 2.24) is 19.7 Å². The molecule has 0 saturated carbocycles. The number of amides is 1. The molecule has 7 heteroatoms. The van der Waals surface area contributed by atoms with Crippen LogP contribution in [-0.2, 0) is 24.4 Å². The highest BCUT2D eigenvalue weighted by Gasteiger charge is 2.28. The second-order valence-corrected chi connectivity index (χ2v) is 6.38. The minimum absolute atomic E-state index is 0.0547. The van der Waals surface area contributed by atoms with Crippen LogP contribution in [0.15, 0.2) is 53.5 Å². The summed E-state index contributed by atoms with van der Waals surface area (Å²) >= 11 is 0. The van der Waals surface area contributed by atoms with Gasteiger partial charge in [0.25, 0.3) is 5.91 Å². The molecule has 0 bridgehead atoms. The van der Waals surface area contributed by atoms with Crippen molar-refractivity contribution in [3.63, 3.8) is 0 Å². The molecule has 1 aliphatic rings. The molecular formula is C19H20N4O3. The number of aromatic nitrogens is 3. The molecule has 4 heterocycles. The highest BCUT2D eigenvalue weighted by Crippen LogP contribution is 2.19. The second kappa shape index (κ2) is 7.13. The molecule has 0 aromatic carbocycles. The van der Waals surface area contributed by atoms with Crippen LogP contribution in [0.1, 0.15) is 27.4 Å². The van der Waals surface area contributed by atoms with Crippen molar-refractivity contribution in [1.29, 1.82) is 0 Å². The Balaban J connectivity index is 1.53. The summed E-state index contributed by atoms with van der Waals surface area (Å²) < 4.78 is 13.3. The highest BCUT2D eigenvalue weighted by atomic mass is 16.5. The van der Waals surface area contributed by atoms with Crippen molar-refractivity contribution in [2.45, 2.75) is 32.7 Å². The molecule has 26 heavy (non-hydrogen) atoms. The van der Waals surface area contributed by atoms with Gasteiger partial charge in [-0.2, -0.15) is 5.10 Å². The Labute approximate surface area is 151 Å². The van der Waals surface area contributed by atoms with E-state index < -0.39 is 0 Å². The van der Waals surface area contributed by atoms with Crippen LogP contribution >= 0.6 is 0 Å². The van der Waals surface area contributed by atoms with Gasteiger partial charge >= 0.3 is 0 Å². The molecule has 1 amide bonds. The lowest BCUT2D eigenvalue weighted by atomic mass is 10.2. The molecule has 3 aromatic rings. The first kappa shape index (κ1) is 16.5. The highest BCUT2D eigenvalue weighted by molar-refractivity contribution is 5.95. The Bertz CT molecular complexity index is 887. The molecule has 0 saturated heterocycles. The zero-order valence-electron chi connectivity index (χ0n) is 14.5. The van der Waals surface area contributed by atoms with Crippen LogP contribution in [0.25, 0.3) is 0 Å². The standard InChI is InChI=1S/C19H20N4O3/c1-14-18(5-8-25-14)19(24)22-10-16-4-7-21-23(16)12-17(11-22)26-13-15-3-2-6-20-9-15/h2-9,17H,10-13H2,1H3. The van der Waals surface area contributed by atoms with E-state index >= 15 is 0 Å². The first-order chi connectivity index (χ1) is 12.7. The first-order valence-corrected chi connectivity index (χ1v) is 8.55. The van der Waals surface area contributed by atoms with Crippen LogP contribution in [0.3, 0.4) is 0 Å². The van der Waals surface area contributed by atoms with Crippen molar-refractivity contribution in [2.24, 2.45) is 0 Å². The number of carbonyl (C=O) groups is 1. The first-order valence-electron chi connectivity index (χ1n) is 8.55. The van der Waals surface area contributed by atoms with Crippen LogP contribution < -0.4 is 0 Å². The zero-order valence-corrected chi connectivity index (χ0v) is 14.5. The van der Waals surface area contributed by atoms with Crippen LogP contribution in [0, 0.1) is 6.92 Å². The van der Waals surface area contributed by atoms with Gasteiger partial charge in [-0.05, 0) is 30.7 Å². The third kappa shape index (κ3) is 3.39. The van der Waals surface area contributed by atoms with Crippen LogP contribution in [0.2, 0.25) is 0 Å². The van der Waals surface area contributed by atoms with E-state index in [-0.39, 0.29) is 12.0 Å². The maximum atomic E-state index is 13.0. The van der Waals surface area contributed by atoms with E-state index in [4.69, 9.17) is 9.15 Å². The summed E-state index contributed by atoms with van der Waals surface area (Å²) in [4.78, 5) is 18.9. The van der Waals surface area contributed by atoms with Gasteiger partial charge in [-0.25, -0.2) is 0 Å². The van der Waals surface area contributed by atoms with E-state index in [0.29, 0.717) is 37.6 Å². The number of nitrogens with zero attached hydrogens (tertiary/aromatic N) is 4. The molecule has 0 aliphatic carbocycles. The lowest BCUT2D eigenvalue weighted by Crippen LogP contribution is -2.37. The van der Waals surface area contributed by atoms with Gasteiger partial charge in [-0.15, -0.1) is 0 Å².